The second-order valence-corrected chi connectivity index (χ2v) is 8.85. The summed E-state index contributed by atoms with van der Waals surface area (Å²) in [7, 11) is 0. The second kappa shape index (κ2) is 10.5. The van der Waals surface area contributed by atoms with E-state index in [9.17, 15) is 4.79 Å². The first-order valence-electron chi connectivity index (χ1n) is 11.8. The molecule has 0 bridgehead atoms. The summed E-state index contributed by atoms with van der Waals surface area (Å²) in [5, 5.41) is 16.9. The van der Waals surface area contributed by atoms with Crippen LogP contribution in [0.4, 0.5) is 0 Å². The molecule has 36 heavy (non-hydrogen) atoms. The van der Waals surface area contributed by atoms with E-state index in [2.05, 4.69) is 25.6 Å². The van der Waals surface area contributed by atoms with E-state index in [1.807, 2.05) is 54.3 Å². The van der Waals surface area contributed by atoms with E-state index in [0.29, 0.717) is 66.9 Å². The number of hydrogen-bond acceptors (Lipinski definition) is 8. The Bertz CT molecular complexity index is 1340. The Morgan fingerprint density at radius 3 is 2.56 bits per heavy atom. The molecular weight excluding hydrogens is 482 g/mol. The standard InChI is InChI=1S/C25H26ClN7O3/c1-3-35-19-10-8-18(9-11-19)33-22(27-29-30-33)16-31-12-14-32(15-13-31)25(34)23-17(2)36-28-24(23)20-6-4-5-7-21(20)26/h4-11H,3,12-16H2,1-2H3. The van der Waals surface area contributed by atoms with Gasteiger partial charge in [-0.25, -0.2) is 0 Å². The number of ether oxygens (including phenoxy) is 1. The molecule has 10 nitrogen and oxygen atoms in total. The Balaban J connectivity index is 1.25. The number of carbonyl (C=O) groups is 1. The maximum absolute atomic E-state index is 13.4. The van der Waals surface area contributed by atoms with Crippen molar-refractivity contribution < 1.29 is 14.1 Å². The Morgan fingerprint density at radius 1 is 1.08 bits per heavy atom. The molecule has 1 aliphatic heterocycles. The fraction of sp³-hybridized carbons (Fsp3) is 0.320. The zero-order valence-corrected chi connectivity index (χ0v) is 20.9. The van der Waals surface area contributed by atoms with E-state index < -0.39 is 0 Å². The lowest BCUT2D eigenvalue weighted by Crippen LogP contribution is -2.48. The molecule has 0 N–H and O–H groups in total. The third-order valence-electron chi connectivity index (χ3n) is 6.16. The highest BCUT2D eigenvalue weighted by molar-refractivity contribution is 6.33. The zero-order chi connectivity index (χ0) is 25.1. The van der Waals surface area contributed by atoms with Gasteiger partial charge < -0.3 is 14.2 Å². The van der Waals surface area contributed by atoms with Gasteiger partial charge in [-0.05, 0) is 54.6 Å². The van der Waals surface area contributed by atoms with E-state index in [1.165, 1.54) is 0 Å². The van der Waals surface area contributed by atoms with Crippen LogP contribution in [0.5, 0.6) is 5.75 Å². The van der Waals surface area contributed by atoms with Gasteiger partial charge in [-0.3, -0.25) is 9.69 Å². The maximum atomic E-state index is 13.4. The Morgan fingerprint density at radius 2 is 1.83 bits per heavy atom. The van der Waals surface area contributed by atoms with Gasteiger partial charge in [-0.2, -0.15) is 4.68 Å². The van der Waals surface area contributed by atoms with Gasteiger partial charge in [0.15, 0.2) is 5.82 Å². The van der Waals surface area contributed by atoms with Crippen molar-refractivity contribution in [1.29, 1.82) is 0 Å². The van der Waals surface area contributed by atoms with E-state index in [0.717, 1.165) is 17.3 Å². The quantitative estimate of drug-likeness (QED) is 0.373. The third kappa shape index (κ3) is 4.82. The predicted octanol–water partition coefficient (Wildman–Crippen LogP) is 3.64. The van der Waals surface area contributed by atoms with E-state index in [1.54, 1.807) is 17.7 Å². The van der Waals surface area contributed by atoms with Gasteiger partial charge in [0.2, 0.25) is 0 Å². The van der Waals surface area contributed by atoms with Crippen LogP contribution in [0.1, 0.15) is 28.9 Å². The summed E-state index contributed by atoms with van der Waals surface area (Å²) in [6.07, 6.45) is 0. The van der Waals surface area contributed by atoms with Crippen LogP contribution in [-0.4, -0.2) is 73.9 Å². The van der Waals surface area contributed by atoms with Crippen LogP contribution >= 0.6 is 11.6 Å². The van der Waals surface area contributed by atoms with E-state index in [-0.39, 0.29) is 5.91 Å². The molecule has 0 unspecified atom stereocenters. The van der Waals surface area contributed by atoms with Crippen molar-refractivity contribution in [3.05, 3.63) is 70.7 Å². The summed E-state index contributed by atoms with van der Waals surface area (Å²) in [5.41, 5.74) is 2.47. The van der Waals surface area contributed by atoms with Crippen LogP contribution in [0.3, 0.4) is 0 Å². The minimum atomic E-state index is -0.109. The number of halogens is 1. The van der Waals surface area contributed by atoms with Crippen molar-refractivity contribution in [3.8, 4) is 22.7 Å². The molecule has 186 valence electrons. The first-order valence-corrected chi connectivity index (χ1v) is 12.2. The monoisotopic (exact) mass is 507 g/mol. The van der Waals surface area contributed by atoms with Crippen LogP contribution in [0.25, 0.3) is 16.9 Å². The topological polar surface area (TPSA) is 102 Å². The maximum Gasteiger partial charge on any atom is 0.259 e. The van der Waals surface area contributed by atoms with Gasteiger partial charge in [0.05, 0.1) is 23.9 Å². The number of piperazine rings is 1. The number of amides is 1. The molecule has 0 aliphatic carbocycles. The fourth-order valence-electron chi connectivity index (χ4n) is 4.28. The van der Waals surface area contributed by atoms with E-state index in [4.69, 9.17) is 20.9 Å². The van der Waals surface area contributed by atoms with Crippen LogP contribution < -0.4 is 4.74 Å². The predicted molar refractivity (Wildman–Crippen MR) is 133 cm³/mol. The average molecular weight is 508 g/mol. The van der Waals surface area contributed by atoms with Crippen molar-refractivity contribution in [3.63, 3.8) is 0 Å². The third-order valence-corrected chi connectivity index (χ3v) is 6.49. The second-order valence-electron chi connectivity index (χ2n) is 8.44. The Kier molecular flexibility index (Phi) is 6.97. The van der Waals surface area contributed by atoms with Crippen molar-refractivity contribution in [2.45, 2.75) is 20.4 Å². The molecule has 2 aromatic carbocycles. The van der Waals surface area contributed by atoms with Crippen LogP contribution in [0.15, 0.2) is 53.1 Å². The van der Waals surface area contributed by atoms with Crippen LogP contribution in [0.2, 0.25) is 5.02 Å². The number of nitrogens with zero attached hydrogens (tertiary/aromatic N) is 7. The zero-order valence-electron chi connectivity index (χ0n) is 20.1. The van der Waals surface area contributed by atoms with Gasteiger partial charge in [-0.1, -0.05) is 35.0 Å². The average Bonchev–Trinajstić information content (AvgIpc) is 3.51. The number of aryl methyl sites for hydroxylation is 1. The Labute approximate surface area is 213 Å². The molecule has 0 saturated carbocycles. The smallest absolute Gasteiger partial charge is 0.259 e. The minimum Gasteiger partial charge on any atom is -0.494 e. The van der Waals surface area contributed by atoms with Crippen molar-refractivity contribution in [2.75, 3.05) is 32.8 Å². The van der Waals surface area contributed by atoms with Gasteiger partial charge in [0.25, 0.3) is 5.91 Å². The van der Waals surface area contributed by atoms with Crippen molar-refractivity contribution in [2.24, 2.45) is 0 Å². The number of aromatic nitrogens is 5. The lowest BCUT2D eigenvalue weighted by molar-refractivity contribution is 0.0623. The Hall–Kier alpha value is -3.76. The largest absolute Gasteiger partial charge is 0.494 e. The normalized spacial score (nSPS) is 14.2. The summed E-state index contributed by atoms with van der Waals surface area (Å²) in [6, 6.07) is 15.0. The van der Waals surface area contributed by atoms with Crippen molar-refractivity contribution in [1.82, 2.24) is 35.2 Å². The van der Waals surface area contributed by atoms with E-state index >= 15 is 0 Å². The number of tetrazole rings is 1. The van der Waals surface area contributed by atoms with Gasteiger partial charge in [0.1, 0.15) is 22.8 Å². The minimum absolute atomic E-state index is 0.109. The summed E-state index contributed by atoms with van der Waals surface area (Å²) >= 11 is 6.36. The number of hydrogen-bond donors (Lipinski definition) is 0. The van der Waals surface area contributed by atoms with Gasteiger partial charge >= 0.3 is 0 Å². The van der Waals surface area contributed by atoms with Gasteiger partial charge in [0, 0.05) is 31.7 Å². The molecule has 1 amide bonds. The molecule has 0 atom stereocenters. The molecule has 5 rings (SSSR count). The molecule has 3 heterocycles. The first kappa shape index (κ1) is 24.0. The fourth-order valence-corrected chi connectivity index (χ4v) is 4.51. The highest BCUT2D eigenvalue weighted by atomic mass is 35.5. The molecule has 1 aliphatic rings. The summed E-state index contributed by atoms with van der Waals surface area (Å²) in [6.45, 7) is 7.39. The van der Waals surface area contributed by atoms with Crippen LogP contribution in [-0.2, 0) is 6.54 Å². The molecule has 1 fully saturated rings. The number of carbonyl (C=O) groups excluding carboxylic acids is 1. The molecule has 4 aromatic rings. The highest BCUT2D eigenvalue weighted by Gasteiger charge is 2.29. The van der Waals surface area contributed by atoms with Gasteiger partial charge in [-0.15, -0.1) is 5.10 Å². The molecule has 11 heteroatoms. The number of rotatable bonds is 7. The van der Waals surface area contributed by atoms with Crippen molar-refractivity contribution >= 4 is 17.5 Å². The summed E-state index contributed by atoms with van der Waals surface area (Å²) < 4.78 is 12.6. The SMILES string of the molecule is CCOc1ccc(-n2nnnc2CN2CCN(C(=O)c3c(-c4ccccc4Cl)noc3C)CC2)cc1. The lowest BCUT2D eigenvalue weighted by atomic mass is 10.0. The highest BCUT2D eigenvalue weighted by Crippen LogP contribution is 2.32. The summed E-state index contributed by atoms with van der Waals surface area (Å²) in [5.74, 6) is 1.90. The molecule has 1 saturated heterocycles. The summed E-state index contributed by atoms with van der Waals surface area (Å²) in [4.78, 5) is 17.5. The molecular formula is C25H26ClN7O3. The lowest BCUT2D eigenvalue weighted by Gasteiger charge is -2.34. The first-order chi connectivity index (χ1) is 17.5. The number of benzene rings is 2. The molecule has 0 radical (unpaired) electrons. The molecule has 2 aromatic heterocycles. The van der Waals surface area contributed by atoms with Crippen LogP contribution in [0, 0.1) is 6.92 Å². The molecule has 0 spiro atoms.